The van der Waals surface area contributed by atoms with E-state index in [1.165, 1.54) is 29.2 Å². The number of sulfonamides is 1. The Kier molecular flexibility index (Phi) is 6.11. The van der Waals surface area contributed by atoms with Gasteiger partial charge in [0, 0.05) is 17.0 Å². The Labute approximate surface area is 217 Å². The first kappa shape index (κ1) is 25.0. The van der Waals surface area contributed by atoms with Gasteiger partial charge in [0.05, 0.1) is 41.3 Å². The fraction of sp³-hybridized carbons (Fsp3) is 0.115. The van der Waals surface area contributed by atoms with Gasteiger partial charge in [-0.2, -0.15) is 5.10 Å². The molecule has 0 atom stereocenters. The van der Waals surface area contributed by atoms with Gasteiger partial charge in [0.2, 0.25) is 21.7 Å². The predicted molar refractivity (Wildman–Crippen MR) is 142 cm³/mol. The fourth-order valence-corrected chi connectivity index (χ4v) is 4.66. The molecule has 0 aliphatic rings. The van der Waals surface area contributed by atoms with Crippen molar-refractivity contribution in [2.45, 2.75) is 13.8 Å². The number of ether oxygens (including phenoxy) is 1. The Morgan fingerprint density at radius 3 is 2.58 bits per heavy atom. The van der Waals surface area contributed by atoms with Gasteiger partial charge in [-0.25, -0.2) is 22.5 Å². The number of anilines is 2. The second-order valence-electron chi connectivity index (χ2n) is 8.84. The van der Waals surface area contributed by atoms with E-state index in [-0.39, 0.29) is 34.5 Å². The maximum atomic E-state index is 13.9. The summed E-state index contributed by atoms with van der Waals surface area (Å²) >= 11 is 0. The number of carbonyl (C=O) groups excluding carboxylic acids is 1. The second kappa shape index (κ2) is 9.30. The van der Waals surface area contributed by atoms with E-state index in [4.69, 9.17) is 10.5 Å². The van der Waals surface area contributed by atoms with Crippen LogP contribution in [0.2, 0.25) is 0 Å². The zero-order chi connectivity index (χ0) is 27.2. The quantitative estimate of drug-likeness (QED) is 0.261. The lowest BCUT2D eigenvalue weighted by molar-refractivity contribution is 0.103. The van der Waals surface area contributed by atoms with Gasteiger partial charge in [-0.05, 0) is 55.3 Å². The largest absolute Gasteiger partial charge is 0.436 e. The van der Waals surface area contributed by atoms with Crippen molar-refractivity contribution in [1.82, 2.24) is 19.7 Å². The van der Waals surface area contributed by atoms with Crippen LogP contribution < -0.4 is 15.2 Å². The lowest BCUT2D eigenvalue weighted by Crippen LogP contribution is -2.10. The van der Waals surface area contributed by atoms with Crippen LogP contribution in [0.1, 0.15) is 27.2 Å². The van der Waals surface area contributed by atoms with Gasteiger partial charge in [0.1, 0.15) is 5.82 Å². The monoisotopic (exact) mass is 534 g/mol. The molecule has 0 spiro atoms. The SMILES string of the molecule is Cc1cc2cc(C(=O)c3cnn(-c4cnc(Oc5ccccc5F)cc4C)c3N)[nH]c2cc1NS(C)(=O)=O. The summed E-state index contributed by atoms with van der Waals surface area (Å²) in [6.07, 6.45) is 3.92. The number of hydrogen-bond acceptors (Lipinski definition) is 7. The lowest BCUT2D eigenvalue weighted by Gasteiger charge is -2.11. The Hall–Kier alpha value is -4.71. The number of H-pyrrole nitrogens is 1. The molecule has 5 rings (SSSR count). The molecular weight excluding hydrogens is 511 g/mol. The zero-order valence-corrected chi connectivity index (χ0v) is 21.4. The number of nitrogen functional groups attached to an aromatic ring is 1. The molecule has 0 aliphatic carbocycles. The summed E-state index contributed by atoms with van der Waals surface area (Å²) < 4.78 is 46.6. The average Bonchev–Trinajstić information content (AvgIpc) is 3.43. The lowest BCUT2D eigenvalue weighted by atomic mass is 10.1. The molecule has 5 aromatic rings. The van der Waals surface area contributed by atoms with Crippen LogP contribution in [0.3, 0.4) is 0 Å². The van der Waals surface area contributed by atoms with Gasteiger partial charge in [0.15, 0.2) is 11.6 Å². The maximum absolute atomic E-state index is 13.9. The standard InChI is InChI=1S/C26H23FN6O4S/c1-14-8-16-10-21(31-20(16)11-19(14)32-38(3,35)36)25(34)17-12-30-33(26(17)28)22-13-29-24(9-15(22)2)37-23-7-5-4-6-18(23)27/h4-13,31-32H,28H2,1-3H3. The molecule has 0 saturated heterocycles. The molecule has 3 heterocycles. The Morgan fingerprint density at radius 1 is 1.11 bits per heavy atom. The number of halogens is 1. The number of nitrogens with two attached hydrogens (primary N) is 1. The van der Waals surface area contributed by atoms with Crippen LogP contribution >= 0.6 is 0 Å². The Morgan fingerprint density at radius 2 is 1.87 bits per heavy atom. The number of pyridine rings is 1. The van der Waals surface area contributed by atoms with E-state index < -0.39 is 15.8 Å². The number of aryl methyl sites for hydroxylation is 2. The number of aromatic amines is 1. The molecule has 0 bridgehead atoms. The predicted octanol–water partition coefficient (Wildman–Crippen LogP) is 4.48. The minimum atomic E-state index is -3.46. The van der Waals surface area contributed by atoms with E-state index in [1.807, 2.05) is 0 Å². The highest BCUT2D eigenvalue weighted by Crippen LogP contribution is 2.29. The number of para-hydroxylation sites is 1. The van der Waals surface area contributed by atoms with E-state index in [0.717, 1.165) is 11.6 Å². The minimum Gasteiger partial charge on any atom is -0.436 e. The molecule has 0 radical (unpaired) electrons. The summed E-state index contributed by atoms with van der Waals surface area (Å²) in [5.41, 5.74) is 9.67. The topological polar surface area (TPSA) is 145 Å². The Bertz CT molecular complexity index is 1830. The fourth-order valence-electron chi connectivity index (χ4n) is 4.04. The zero-order valence-electron chi connectivity index (χ0n) is 20.6. The first-order chi connectivity index (χ1) is 18.0. The average molecular weight is 535 g/mol. The molecule has 0 unspecified atom stereocenters. The van der Waals surface area contributed by atoms with Crippen molar-refractivity contribution in [1.29, 1.82) is 0 Å². The Balaban J connectivity index is 1.43. The van der Waals surface area contributed by atoms with E-state index in [0.29, 0.717) is 28.0 Å². The third kappa shape index (κ3) is 4.81. The number of aromatic nitrogens is 4. The van der Waals surface area contributed by atoms with Crippen molar-refractivity contribution in [3.63, 3.8) is 0 Å². The molecule has 12 heteroatoms. The number of carbonyl (C=O) groups is 1. The summed E-state index contributed by atoms with van der Waals surface area (Å²) in [6, 6.07) is 12.7. The van der Waals surface area contributed by atoms with Crippen LogP contribution in [0.25, 0.3) is 16.6 Å². The summed E-state index contributed by atoms with van der Waals surface area (Å²) in [7, 11) is -3.46. The van der Waals surface area contributed by atoms with Crippen molar-refractivity contribution >= 4 is 38.2 Å². The number of hydrogen-bond donors (Lipinski definition) is 3. The van der Waals surface area contributed by atoms with Crippen molar-refractivity contribution in [3.05, 3.63) is 89.1 Å². The van der Waals surface area contributed by atoms with Crippen molar-refractivity contribution in [3.8, 4) is 17.3 Å². The molecular formula is C26H23FN6O4S. The molecule has 10 nitrogen and oxygen atoms in total. The molecule has 0 amide bonds. The van der Waals surface area contributed by atoms with Gasteiger partial charge in [0.25, 0.3) is 0 Å². The second-order valence-corrected chi connectivity index (χ2v) is 10.6. The van der Waals surface area contributed by atoms with Crippen LogP contribution in [-0.2, 0) is 10.0 Å². The molecule has 3 aromatic heterocycles. The smallest absolute Gasteiger partial charge is 0.229 e. The summed E-state index contributed by atoms with van der Waals surface area (Å²) in [5, 5.41) is 5.02. The number of benzene rings is 2. The first-order valence-electron chi connectivity index (χ1n) is 11.4. The number of rotatable bonds is 7. The molecule has 2 aromatic carbocycles. The normalized spacial score (nSPS) is 11.6. The van der Waals surface area contributed by atoms with Gasteiger partial charge in [-0.3, -0.25) is 9.52 Å². The van der Waals surface area contributed by atoms with Gasteiger partial charge < -0.3 is 15.5 Å². The van der Waals surface area contributed by atoms with E-state index in [2.05, 4.69) is 19.8 Å². The van der Waals surface area contributed by atoms with E-state index >= 15 is 0 Å². The number of ketones is 1. The van der Waals surface area contributed by atoms with Crippen LogP contribution in [0.5, 0.6) is 11.6 Å². The first-order valence-corrected chi connectivity index (χ1v) is 13.3. The van der Waals surface area contributed by atoms with Gasteiger partial charge in [-0.1, -0.05) is 12.1 Å². The molecule has 194 valence electrons. The van der Waals surface area contributed by atoms with Crippen LogP contribution in [0, 0.1) is 19.7 Å². The molecule has 4 N–H and O–H groups in total. The summed E-state index contributed by atoms with van der Waals surface area (Å²) in [6.45, 7) is 3.56. The number of nitrogens with one attached hydrogen (secondary N) is 2. The molecule has 0 fully saturated rings. The molecule has 38 heavy (non-hydrogen) atoms. The van der Waals surface area contributed by atoms with Crippen molar-refractivity contribution in [2.75, 3.05) is 16.7 Å². The third-order valence-electron chi connectivity index (χ3n) is 5.89. The number of fused-ring (bicyclic) bond motifs is 1. The highest BCUT2D eigenvalue weighted by molar-refractivity contribution is 7.92. The van der Waals surface area contributed by atoms with Crippen LogP contribution in [-0.4, -0.2) is 40.2 Å². The van der Waals surface area contributed by atoms with Crippen LogP contribution in [0.15, 0.2) is 60.9 Å². The molecule has 0 aliphatic heterocycles. The van der Waals surface area contributed by atoms with E-state index in [9.17, 15) is 17.6 Å². The highest BCUT2D eigenvalue weighted by atomic mass is 32.2. The van der Waals surface area contributed by atoms with Gasteiger partial charge in [-0.15, -0.1) is 0 Å². The van der Waals surface area contributed by atoms with Crippen LogP contribution in [0.4, 0.5) is 15.9 Å². The van der Waals surface area contributed by atoms with Crippen molar-refractivity contribution < 1.29 is 22.3 Å². The van der Waals surface area contributed by atoms with E-state index in [1.54, 1.807) is 50.2 Å². The third-order valence-corrected chi connectivity index (χ3v) is 6.48. The summed E-state index contributed by atoms with van der Waals surface area (Å²) in [4.78, 5) is 20.6. The maximum Gasteiger partial charge on any atom is 0.229 e. The van der Waals surface area contributed by atoms with Gasteiger partial charge >= 0.3 is 0 Å². The summed E-state index contributed by atoms with van der Waals surface area (Å²) in [5.74, 6) is -0.546. The highest BCUT2D eigenvalue weighted by Gasteiger charge is 2.21. The minimum absolute atomic E-state index is 0.0476. The molecule has 0 saturated carbocycles. The van der Waals surface area contributed by atoms with Crippen molar-refractivity contribution in [2.24, 2.45) is 0 Å². The number of nitrogens with zero attached hydrogens (tertiary/aromatic N) is 3.